The van der Waals surface area contributed by atoms with Gasteiger partial charge in [0.15, 0.2) is 11.5 Å². The molecule has 0 aliphatic carbocycles. The van der Waals surface area contributed by atoms with Gasteiger partial charge in [0.05, 0.1) is 24.6 Å². The number of hydrogen-bond donors (Lipinski definition) is 2. The van der Waals surface area contributed by atoms with Gasteiger partial charge in [-0.15, -0.1) is 0 Å². The molecule has 4 heterocycles. The number of fused-ring (bicyclic) bond motifs is 2. The van der Waals surface area contributed by atoms with Crippen LogP contribution in [-0.2, 0) is 32.3 Å². The summed E-state index contributed by atoms with van der Waals surface area (Å²) in [6.45, 7) is 3.81. The summed E-state index contributed by atoms with van der Waals surface area (Å²) in [4.78, 5) is 19.4. The summed E-state index contributed by atoms with van der Waals surface area (Å²) in [5.41, 5.74) is 4.82. The van der Waals surface area contributed by atoms with E-state index in [9.17, 15) is 14.5 Å². The van der Waals surface area contributed by atoms with Crippen LogP contribution in [0.5, 0.6) is 0 Å². The Morgan fingerprint density at radius 3 is 3.00 bits per heavy atom. The topological polar surface area (TPSA) is 179 Å². The van der Waals surface area contributed by atoms with Crippen LogP contribution in [0.4, 0.5) is 10.6 Å². The van der Waals surface area contributed by atoms with E-state index in [1.165, 1.54) is 24.0 Å². The number of rotatable bonds is 5. The molecule has 2 saturated heterocycles. The summed E-state index contributed by atoms with van der Waals surface area (Å²) >= 11 is 0. The maximum absolute atomic E-state index is 12.8. The number of ether oxygens (including phenoxy) is 3. The highest BCUT2D eigenvalue weighted by Gasteiger charge is 2.60. The van der Waals surface area contributed by atoms with Crippen molar-refractivity contribution in [1.82, 2.24) is 19.6 Å². The number of imidazole rings is 1. The van der Waals surface area contributed by atoms with Gasteiger partial charge in [-0.25, -0.2) is 28.4 Å². The number of nitrogen functional groups attached to an aromatic ring is 1. The third-order valence-corrected chi connectivity index (χ3v) is 6.11. The van der Waals surface area contributed by atoms with Gasteiger partial charge in [0.2, 0.25) is 6.79 Å². The molecule has 2 fully saturated rings. The number of aromatic nitrogens is 4. The maximum atomic E-state index is 12.8. The third-order valence-electron chi connectivity index (χ3n) is 4.74. The van der Waals surface area contributed by atoms with E-state index in [2.05, 4.69) is 19.8 Å². The Morgan fingerprint density at radius 1 is 1.48 bits per heavy atom. The molecule has 15 heteroatoms. The van der Waals surface area contributed by atoms with E-state index in [1.54, 1.807) is 13.8 Å². The number of carbonyl (C=O) groups is 1. The van der Waals surface area contributed by atoms with Crippen molar-refractivity contribution >= 4 is 25.4 Å². The second kappa shape index (κ2) is 7.97. The minimum Gasteiger partial charge on any atom is -0.432 e. The van der Waals surface area contributed by atoms with Crippen LogP contribution in [-0.4, -0.2) is 68.2 Å². The fourth-order valence-corrected chi connectivity index (χ4v) is 4.71. The number of aliphatic hydroxyl groups is 1. The van der Waals surface area contributed by atoms with Crippen molar-refractivity contribution in [2.24, 2.45) is 0 Å². The Kier molecular flexibility index (Phi) is 5.62. The van der Waals surface area contributed by atoms with Crippen LogP contribution in [0.2, 0.25) is 0 Å². The van der Waals surface area contributed by atoms with Crippen molar-refractivity contribution < 1.29 is 42.2 Å². The molecule has 31 heavy (non-hydrogen) atoms. The Bertz CT molecular complexity index is 1030. The van der Waals surface area contributed by atoms with Gasteiger partial charge in [0.1, 0.15) is 30.2 Å². The van der Waals surface area contributed by atoms with Crippen LogP contribution < -0.4 is 5.73 Å². The fraction of sp³-hybridized carbons (Fsp3) is 0.625. The molecule has 0 aromatic carbocycles. The van der Waals surface area contributed by atoms with Crippen molar-refractivity contribution in [2.75, 3.05) is 19.1 Å². The van der Waals surface area contributed by atoms with Crippen LogP contribution >= 0.6 is 7.82 Å². The van der Waals surface area contributed by atoms with Gasteiger partial charge >= 0.3 is 14.0 Å². The van der Waals surface area contributed by atoms with Crippen molar-refractivity contribution in [3.63, 3.8) is 0 Å². The van der Waals surface area contributed by atoms with Crippen LogP contribution in [0.3, 0.4) is 0 Å². The highest BCUT2D eigenvalue weighted by atomic mass is 31.2. The lowest BCUT2D eigenvalue weighted by Crippen LogP contribution is -2.47. The van der Waals surface area contributed by atoms with Crippen LogP contribution in [0.25, 0.3) is 5.65 Å². The number of phosphoric acid groups is 1. The first-order valence-electron chi connectivity index (χ1n) is 9.33. The largest absolute Gasteiger partial charge is 0.510 e. The zero-order valence-electron chi connectivity index (χ0n) is 16.9. The molecule has 2 aliphatic heterocycles. The lowest BCUT2D eigenvalue weighted by Gasteiger charge is -2.34. The summed E-state index contributed by atoms with van der Waals surface area (Å²) in [6.07, 6.45) is -1.50. The van der Waals surface area contributed by atoms with E-state index in [1.807, 2.05) is 0 Å². The summed E-state index contributed by atoms with van der Waals surface area (Å²) in [5.74, 6) is 0.157. The first-order valence-corrected chi connectivity index (χ1v) is 10.8. The average molecular weight is 459 g/mol. The Morgan fingerprint density at radius 2 is 2.26 bits per heavy atom. The van der Waals surface area contributed by atoms with E-state index in [0.29, 0.717) is 11.3 Å². The lowest BCUT2D eigenvalue weighted by atomic mass is 9.91. The molecule has 2 aliphatic rings. The molecule has 4 rings (SSSR count). The van der Waals surface area contributed by atoms with E-state index < -0.39 is 50.8 Å². The molecule has 0 bridgehead atoms. The maximum Gasteiger partial charge on any atom is 0.510 e. The first kappa shape index (κ1) is 21.9. The molecule has 0 spiro atoms. The highest BCUT2D eigenvalue weighted by Crippen LogP contribution is 2.59. The van der Waals surface area contributed by atoms with Crippen molar-refractivity contribution in [3.05, 3.63) is 18.2 Å². The monoisotopic (exact) mass is 459 g/mol. The Hall–Kier alpha value is -2.35. The van der Waals surface area contributed by atoms with Crippen LogP contribution in [0.1, 0.15) is 32.6 Å². The van der Waals surface area contributed by atoms with Crippen molar-refractivity contribution in [1.29, 1.82) is 0 Å². The summed E-state index contributed by atoms with van der Waals surface area (Å²) in [7, 11) is -4.15. The summed E-state index contributed by atoms with van der Waals surface area (Å²) in [6, 6.07) is 0. The second-order valence-corrected chi connectivity index (χ2v) is 9.04. The molecule has 2 aromatic rings. The summed E-state index contributed by atoms with van der Waals surface area (Å²) < 4.78 is 45.2. The van der Waals surface area contributed by atoms with Crippen LogP contribution in [0.15, 0.2) is 12.5 Å². The minimum atomic E-state index is -4.15. The number of nitrogens with zero attached hydrogens (tertiary/aromatic N) is 4. The minimum absolute atomic E-state index is 0.157. The highest BCUT2D eigenvalue weighted by molar-refractivity contribution is 7.48. The normalized spacial score (nSPS) is 32.9. The van der Waals surface area contributed by atoms with E-state index in [0.717, 1.165) is 0 Å². The number of phosphoric ester groups is 1. The molecule has 0 amide bonds. The van der Waals surface area contributed by atoms with Gasteiger partial charge in [-0.1, -0.05) is 0 Å². The van der Waals surface area contributed by atoms with Gasteiger partial charge in [-0.3, -0.25) is 9.05 Å². The standard InChI is InChI=1S/C16H22N5O9P/c1-8(2)28-15(22)25-7-27-31(24)26-5-10-12(30-31)16(3,23)11(29-10)9-4-18-14-13(17)19-6-20-21(9)14/h4,6,8,10-12,23H,5,7H2,1-3H3,(H2,17,19,20)/t10-,11+,12-,16+,31+/m1/s1. The lowest BCUT2D eigenvalue weighted by molar-refractivity contribution is -0.0919. The molecule has 14 nitrogen and oxygen atoms in total. The molecular weight excluding hydrogens is 437 g/mol. The Balaban J connectivity index is 1.48. The number of nitrogens with two attached hydrogens (primary N) is 1. The van der Waals surface area contributed by atoms with E-state index >= 15 is 0 Å². The SMILES string of the molecule is CC(C)OC(=O)OCO[P@]1(=O)OC[C@H]2O[C@@H](c3cnc4c(N)ncnn34)[C@](C)(O)[C@@H]2O1. The molecule has 0 unspecified atom stereocenters. The van der Waals surface area contributed by atoms with Gasteiger partial charge in [-0.2, -0.15) is 5.10 Å². The van der Waals surface area contributed by atoms with Crippen molar-refractivity contribution in [3.8, 4) is 0 Å². The average Bonchev–Trinajstić information content (AvgIpc) is 3.21. The molecular formula is C16H22N5O9P. The predicted octanol–water partition coefficient (Wildman–Crippen LogP) is 0.957. The number of anilines is 1. The zero-order chi connectivity index (χ0) is 22.4. The van der Waals surface area contributed by atoms with Crippen LogP contribution in [0, 0.1) is 0 Å². The van der Waals surface area contributed by atoms with E-state index in [-0.39, 0.29) is 12.4 Å². The molecule has 170 valence electrons. The quantitative estimate of drug-likeness (QED) is 0.367. The smallest absolute Gasteiger partial charge is 0.432 e. The third kappa shape index (κ3) is 4.10. The molecule has 5 atom stereocenters. The van der Waals surface area contributed by atoms with Gasteiger partial charge in [-0.05, 0) is 20.8 Å². The van der Waals surface area contributed by atoms with Crippen molar-refractivity contribution in [2.45, 2.75) is 50.8 Å². The molecule has 0 radical (unpaired) electrons. The van der Waals surface area contributed by atoms with Gasteiger partial charge in [0.25, 0.3) is 0 Å². The molecule has 3 N–H and O–H groups in total. The zero-order valence-corrected chi connectivity index (χ0v) is 17.8. The fourth-order valence-electron chi connectivity index (χ4n) is 3.38. The number of carbonyl (C=O) groups excluding carboxylic acids is 1. The second-order valence-electron chi connectivity index (χ2n) is 7.42. The van der Waals surface area contributed by atoms with Gasteiger partial charge in [0, 0.05) is 0 Å². The number of hydrogen-bond acceptors (Lipinski definition) is 13. The predicted molar refractivity (Wildman–Crippen MR) is 101 cm³/mol. The molecule has 0 saturated carbocycles. The molecule has 2 aromatic heterocycles. The summed E-state index contributed by atoms with van der Waals surface area (Å²) in [5, 5.41) is 15.3. The van der Waals surface area contributed by atoms with Gasteiger partial charge < -0.3 is 25.1 Å². The first-order chi connectivity index (χ1) is 14.6. The van der Waals surface area contributed by atoms with E-state index in [4.69, 9.17) is 28.8 Å². The Labute approximate surface area is 176 Å².